The highest BCUT2D eigenvalue weighted by Crippen LogP contribution is 2.23. The normalized spacial score (nSPS) is 18.8. The summed E-state index contributed by atoms with van der Waals surface area (Å²) in [7, 11) is -0.434. The van der Waals surface area contributed by atoms with Gasteiger partial charge in [0.15, 0.2) is 0 Å². The number of benzene rings is 1. The summed E-state index contributed by atoms with van der Waals surface area (Å²) < 4.78 is 28.9. The molecule has 1 unspecified atom stereocenters. The Hall–Kier alpha value is -1.60. The number of sulfonamides is 1. The van der Waals surface area contributed by atoms with Gasteiger partial charge in [-0.1, -0.05) is 30.7 Å². The Morgan fingerprint density at radius 3 is 2.68 bits per heavy atom. The second-order valence-corrected chi connectivity index (χ2v) is 7.19. The summed E-state index contributed by atoms with van der Waals surface area (Å²) in [5.74, 6) is 0.570. The van der Waals surface area contributed by atoms with Crippen molar-refractivity contribution < 1.29 is 8.42 Å². The van der Waals surface area contributed by atoms with Crippen LogP contribution in [0.15, 0.2) is 38.7 Å². The van der Waals surface area contributed by atoms with E-state index in [0.29, 0.717) is 12.5 Å². The van der Waals surface area contributed by atoms with E-state index >= 15 is 0 Å². The number of rotatable bonds is 3. The van der Waals surface area contributed by atoms with Crippen molar-refractivity contribution in [1.29, 1.82) is 0 Å². The Morgan fingerprint density at radius 2 is 2.14 bits per heavy atom. The summed E-state index contributed by atoms with van der Waals surface area (Å²) >= 11 is 5.97. The van der Waals surface area contributed by atoms with Crippen LogP contribution in [0.2, 0.25) is 5.02 Å². The second-order valence-electron chi connectivity index (χ2n) is 5.21. The molecule has 1 aromatic carbocycles. The Kier molecular flexibility index (Phi) is 5.08. The quantitative estimate of drug-likeness (QED) is 0.624. The first-order chi connectivity index (χ1) is 10.3. The highest BCUT2D eigenvalue weighted by Gasteiger charge is 2.25. The molecule has 120 valence electrons. The largest absolute Gasteiger partial charge is 0.347 e. The van der Waals surface area contributed by atoms with Crippen LogP contribution >= 0.6 is 11.6 Å². The molecule has 0 bridgehead atoms. The van der Waals surface area contributed by atoms with Gasteiger partial charge in [0, 0.05) is 26.2 Å². The summed E-state index contributed by atoms with van der Waals surface area (Å²) in [5.41, 5.74) is 0. The summed E-state index contributed by atoms with van der Waals surface area (Å²) in [6.45, 7) is 2.68. The lowest BCUT2D eigenvalue weighted by molar-refractivity contribution is 0.384. The zero-order valence-corrected chi connectivity index (χ0v) is 14.3. The van der Waals surface area contributed by atoms with Crippen LogP contribution in [0, 0.1) is 5.92 Å². The van der Waals surface area contributed by atoms with E-state index in [9.17, 15) is 8.42 Å². The first kappa shape index (κ1) is 16.8. The SMILES string of the molecule is CCC1C=NN(C(=NS(=O)(=O)c2ccccc2Cl)N(C)C)C1. The second kappa shape index (κ2) is 6.66. The van der Waals surface area contributed by atoms with E-state index in [1.165, 1.54) is 12.1 Å². The van der Waals surface area contributed by atoms with Gasteiger partial charge in [0.25, 0.3) is 10.0 Å². The predicted molar refractivity (Wildman–Crippen MR) is 88.7 cm³/mol. The van der Waals surface area contributed by atoms with Crippen LogP contribution in [0.3, 0.4) is 0 Å². The molecule has 0 radical (unpaired) electrons. The van der Waals surface area contributed by atoms with Gasteiger partial charge < -0.3 is 4.90 Å². The van der Waals surface area contributed by atoms with Gasteiger partial charge in [0.2, 0.25) is 5.96 Å². The smallest absolute Gasteiger partial charge is 0.287 e. The third-order valence-electron chi connectivity index (χ3n) is 3.30. The van der Waals surface area contributed by atoms with Crippen LogP contribution in [-0.4, -0.2) is 51.1 Å². The number of guanidine groups is 1. The summed E-state index contributed by atoms with van der Waals surface area (Å²) in [4.78, 5) is 1.62. The van der Waals surface area contributed by atoms with E-state index in [4.69, 9.17) is 11.6 Å². The van der Waals surface area contributed by atoms with Crippen LogP contribution in [0.25, 0.3) is 0 Å². The first-order valence-corrected chi connectivity index (χ1v) is 8.75. The predicted octanol–water partition coefficient (Wildman–Crippen LogP) is 2.27. The zero-order chi connectivity index (χ0) is 16.3. The van der Waals surface area contributed by atoms with E-state index in [1.807, 2.05) is 6.21 Å². The maximum atomic E-state index is 12.5. The average Bonchev–Trinajstić information content (AvgIpc) is 2.93. The van der Waals surface area contributed by atoms with E-state index in [1.54, 1.807) is 36.1 Å². The van der Waals surface area contributed by atoms with Crippen LogP contribution in [0.4, 0.5) is 0 Å². The maximum Gasteiger partial charge on any atom is 0.287 e. The maximum absolute atomic E-state index is 12.5. The Labute approximate surface area is 136 Å². The number of hydrogen-bond acceptors (Lipinski definition) is 3. The molecule has 0 saturated heterocycles. The van der Waals surface area contributed by atoms with Gasteiger partial charge in [-0.15, -0.1) is 4.40 Å². The molecule has 2 rings (SSSR count). The number of halogens is 1. The summed E-state index contributed by atoms with van der Waals surface area (Å²) in [5, 5.41) is 6.00. The van der Waals surface area contributed by atoms with Crippen LogP contribution in [0.5, 0.6) is 0 Å². The van der Waals surface area contributed by atoms with Gasteiger partial charge in [-0.2, -0.15) is 13.5 Å². The summed E-state index contributed by atoms with van der Waals surface area (Å²) in [6, 6.07) is 6.26. The number of nitrogens with zero attached hydrogens (tertiary/aromatic N) is 4. The monoisotopic (exact) mass is 342 g/mol. The van der Waals surface area contributed by atoms with Gasteiger partial charge in [0.05, 0.1) is 11.6 Å². The molecular formula is C14H19ClN4O2S. The molecule has 0 amide bonds. The highest BCUT2D eigenvalue weighted by atomic mass is 35.5. The lowest BCUT2D eigenvalue weighted by atomic mass is 10.1. The van der Waals surface area contributed by atoms with Crippen molar-refractivity contribution in [3.05, 3.63) is 29.3 Å². The highest BCUT2D eigenvalue weighted by molar-refractivity contribution is 7.90. The molecule has 0 aliphatic carbocycles. The van der Waals surface area contributed by atoms with Gasteiger partial charge in [-0.05, 0) is 18.6 Å². The molecular weight excluding hydrogens is 324 g/mol. The Balaban J connectivity index is 2.39. The fourth-order valence-electron chi connectivity index (χ4n) is 2.03. The molecule has 1 aliphatic heterocycles. The van der Waals surface area contributed by atoms with Crippen molar-refractivity contribution in [2.45, 2.75) is 18.2 Å². The average molecular weight is 343 g/mol. The van der Waals surface area contributed by atoms with Crippen molar-refractivity contribution in [2.24, 2.45) is 15.4 Å². The van der Waals surface area contributed by atoms with Crippen LogP contribution < -0.4 is 0 Å². The standard InChI is InChI=1S/C14H19ClN4O2S/c1-4-11-9-16-19(10-11)14(18(2)3)17-22(20,21)13-8-6-5-7-12(13)15/h5-9,11H,4,10H2,1-3H3. The third kappa shape index (κ3) is 3.59. The molecule has 1 aliphatic rings. The summed E-state index contributed by atoms with van der Waals surface area (Å²) in [6.07, 6.45) is 2.76. The van der Waals surface area contributed by atoms with Gasteiger partial charge in [-0.25, -0.2) is 5.01 Å². The minimum Gasteiger partial charge on any atom is -0.347 e. The van der Waals surface area contributed by atoms with E-state index in [0.717, 1.165) is 6.42 Å². The molecule has 0 saturated carbocycles. The molecule has 8 heteroatoms. The van der Waals surface area contributed by atoms with Crippen LogP contribution in [-0.2, 0) is 10.0 Å². The van der Waals surface area contributed by atoms with Gasteiger partial charge in [-0.3, -0.25) is 0 Å². The fourth-order valence-corrected chi connectivity index (χ4v) is 3.59. The minimum atomic E-state index is -3.90. The van der Waals surface area contributed by atoms with Crippen molar-refractivity contribution in [3.63, 3.8) is 0 Å². The minimum absolute atomic E-state index is 0.00812. The lowest BCUT2D eigenvalue weighted by Crippen LogP contribution is -2.37. The van der Waals surface area contributed by atoms with E-state index in [2.05, 4.69) is 16.4 Å². The molecule has 1 aromatic rings. The number of hydrogen-bond donors (Lipinski definition) is 0. The van der Waals surface area contributed by atoms with E-state index < -0.39 is 10.0 Å². The van der Waals surface area contributed by atoms with Gasteiger partial charge in [0.1, 0.15) is 4.90 Å². The van der Waals surface area contributed by atoms with Crippen molar-refractivity contribution in [3.8, 4) is 0 Å². The number of hydrazone groups is 1. The van der Waals surface area contributed by atoms with Gasteiger partial charge >= 0.3 is 0 Å². The lowest BCUT2D eigenvalue weighted by Gasteiger charge is -2.23. The molecule has 0 aromatic heterocycles. The third-order valence-corrected chi connectivity index (χ3v) is 5.05. The Bertz CT molecular complexity index is 701. The topological polar surface area (TPSA) is 65.3 Å². The molecule has 0 N–H and O–H groups in total. The molecule has 1 heterocycles. The molecule has 1 atom stereocenters. The Morgan fingerprint density at radius 1 is 1.45 bits per heavy atom. The van der Waals surface area contributed by atoms with Crippen molar-refractivity contribution >= 4 is 33.8 Å². The van der Waals surface area contributed by atoms with E-state index in [-0.39, 0.29) is 15.9 Å². The first-order valence-electron chi connectivity index (χ1n) is 6.93. The van der Waals surface area contributed by atoms with Crippen LogP contribution in [0.1, 0.15) is 13.3 Å². The van der Waals surface area contributed by atoms with Crippen molar-refractivity contribution in [1.82, 2.24) is 9.91 Å². The zero-order valence-electron chi connectivity index (χ0n) is 12.8. The molecule has 0 fully saturated rings. The molecule has 6 nitrogen and oxygen atoms in total. The molecule has 22 heavy (non-hydrogen) atoms. The van der Waals surface area contributed by atoms with Crippen molar-refractivity contribution in [2.75, 3.05) is 20.6 Å². The fraction of sp³-hybridized carbons (Fsp3) is 0.429. The molecule has 0 spiro atoms.